The van der Waals surface area contributed by atoms with Gasteiger partial charge in [0.2, 0.25) is 0 Å². The zero-order valence-corrected chi connectivity index (χ0v) is 10.0. The monoisotopic (exact) mass is 209 g/mol. The van der Waals surface area contributed by atoms with E-state index in [0.717, 1.165) is 17.8 Å². The number of likely N-dealkylation sites (tertiary alicyclic amines) is 3. The van der Waals surface area contributed by atoms with E-state index in [1.165, 1.54) is 45.9 Å². The first-order chi connectivity index (χ1) is 7.20. The molecule has 3 nitrogen and oxygen atoms in total. The first-order valence-electron chi connectivity index (χ1n) is 6.34. The standard InChI is InChI=1S/C12H23N3/c1-10-3-14(4-10)9-15-7-11-5-13(2)6-12(11)8-15/h10-12H,3-9H2,1-2H3/t11-,12+. The summed E-state index contributed by atoms with van der Waals surface area (Å²) in [5.74, 6) is 2.88. The van der Waals surface area contributed by atoms with E-state index in [1.807, 2.05) is 0 Å². The van der Waals surface area contributed by atoms with Gasteiger partial charge in [0.1, 0.15) is 0 Å². The minimum atomic E-state index is 0.943. The van der Waals surface area contributed by atoms with Gasteiger partial charge in [-0.3, -0.25) is 9.80 Å². The number of nitrogens with zero attached hydrogens (tertiary/aromatic N) is 3. The Morgan fingerprint density at radius 2 is 1.40 bits per heavy atom. The van der Waals surface area contributed by atoms with E-state index in [0.29, 0.717) is 0 Å². The Balaban J connectivity index is 1.47. The number of fused-ring (bicyclic) bond motifs is 1. The molecular formula is C12H23N3. The summed E-state index contributed by atoms with van der Waals surface area (Å²) in [5, 5.41) is 0. The Kier molecular flexibility index (Phi) is 2.49. The molecule has 0 aromatic heterocycles. The van der Waals surface area contributed by atoms with Gasteiger partial charge in [0.05, 0.1) is 6.67 Å². The van der Waals surface area contributed by atoms with E-state index in [-0.39, 0.29) is 0 Å². The molecule has 0 amide bonds. The van der Waals surface area contributed by atoms with Crippen molar-refractivity contribution in [2.75, 3.05) is 53.0 Å². The highest BCUT2D eigenvalue weighted by Gasteiger charge is 2.39. The fourth-order valence-corrected chi connectivity index (χ4v) is 3.67. The fraction of sp³-hybridized carbons (Fsp3) is 1.00. The summed E-state index contributed by atoms with van der Waals surface area (Å²) in [6, 6.07) is 0. The van der Waals surface area contributed by atoms with Crippen LogP contribution in [-0.4, -0.2) is 67.7 Å². The molecule has 3 aliphatic heterocycles. The van der Waals surface area contributed by atoms with Crippen molar-refractivity contribution in [1.82, 2.24) is 14.7 Å². The van der Waals surface area contributed by atoms with Crippen LogP contribution in [0.1, 0.15) is 6.92 Å². The van der Waals surface area contributed by atoms with Crippen LogP contribution in [0.3, 0.4) is 0 Å². The van der Waals surface area contributed by atoms with Crippen molar-refractivity contribution >= 4 is 0 Å². The Morgan fingerprint density at radius 1 is 0.867 bits per heavy atom. The predicted octanol–water partition coefficient (Wildman–Crippen LogP) is 0.389. The molecule has 0 spiro atoms. The smallest absolute Gasteiger partial charge is 0.0506 e. The molecule has 3 fully saturated rings. The highest BCUT2D eigenvalue weighted by atomic mass is 15.4. The zero-order valence-electron chi connectivity index (χ0n) is 10.0. The third kappa shape index (κ3) is 1.93. The van der Waals surface area contributed by atoms with Crippen LogP contribution in [0.25, 0.3) is 0 Å². The molecule has 3 rings (SSSR count). The highest BCUT2D eigenvalue weighted by molar-refractivity contribution is 4.92. The van der Waals surface area contributed by atoms with Crippen LogP contribution in [-0.2, 0) is 0 Å². The highest BCUT2D eigenvalue weighted by Crippen LogP contribution is 2.30. The third-order valence-electron chi connectivity index (χ3n) is 4.28. The van der Waals surface area contributed by atoms with Crippen LogP contribution in [0.2, 0.25) is 0 Å². The molecule has 0 aromatic carbocycles. The van der Waals surface area contributed by atoms with Crippen LogP contribution in [0, 0.1) is 17.8 Å². The fourth-order valence-electron chi connectivity index (χ4n) is 3.67. The van der Waals surface area contributed by atoms with Crippen LogP contribution < -0.4 is 0 Å². The first kappa shape index (κ1) is 10.1. The summed E-state index contributed by atoms with van der Waals surface area (Å²) in [5.41, 5.74) is 0. The van der Waals surface area contributed by atoms with Crippen molar-refractivity contribution < 1.29 is 0 Å². The minimum Gasteiger partial charge on any atom is -0.306 e. The number of hydrogen-bond donors (Lipinski definition) is 0. The van der Waals surface area contributed by atoms with Crippen molar-refractivity contribution in [1.29, 1.82) is 0 Å². The van der Waals surface area contributed by atoms with Crippen molar-refractivity contribution in [3.8, 4) is 0 Å². The average molecular weight is 209 g/mol. The molecule has 0 N–H and O–H groups in total. The van der Waals surface area contributed by atoms with Gasteiger partial charge in [-0.2, -0.15) is 0 Å². The quantitative estimate of drug-likeness (QED) is 0.651. The Hall–Kier alpha value is -0.120. The zero-order chi connectivity index (χ0) is 10.4. The molecule has 3 saturated heterocycles. The van der Waals surface area contributed by atoms with Gasteiger partial charge in [-0.1, -0.05) is 6.92 Å². The van der Waals surface area contributed by atoms with E-state index in [4.69, 9.17) is 0 Å². The van der Waals surface area contributed by atoms with Gasteiger partial charge < -0.3 is 4.90 Å². The SMILES string of the molecule is CC1CN(CN2C[C@H]3CN(C)C[C@H]3C2)C1. The van der Waals surface area contributed by atoms with Gasteiger partial charge in [-0.05, 0) is 24.8 Å². The Morgan fingerprint density at radius 3 is 1.93 bits per heavy atom. The van der Waals surface area contributed by atoms with E-state index < -0.39 is 0 Å². The second-order valence-electron chi connectivity index (χ2n) is 6.06. The summed E-state index contributed by atoms with van der Waals surface area (Å²) in [4.78, 5) is 7.77. The molecule has 0 aromatic rings. The van der Waals surface area contributed by atoms with E-state index >= 15 is 0 Å². The molecule has 3 aliphatic rings. The van der Waals surface area contributed by atoms with Crippen molar-refractivity contribution in [2.24, 2.45) is 17.8 Å². The average Bonchev–Trinajstić information content (AvgIpc) is 2.58. The lowest BCUT2D eigenvalue weighted by atomic mass is 10.0. The van der Waals surface area contributed by atoms with Crippen LogP contribution in [0.15, 0.2) is 0 Å². The van der Waals surface area contributed by atoms with Crippen molar-refractivity contribution in [2.45, 2.75) is 6.92 Å². The molecule has 15 heavy (non-hydrogen) atoms. The summed E-state index contributed by atoms with van der Waals surface area (Å²) >= 11 is 0. The maximum absolute atomic E-state index is 2.67. The normalized spacial score (nSPS) is 39.6. The van der Waals surface area contributed by atoms with Gasteiger partial charge >= 0.3 is 0 Å². The number of rotatable bonds is 2. The van der Waals surface area contributed by atoms with Gasteiger partial charge in [0, 0.05) is 39.3 Å². The second kappa shape index (κ2) is 3.72. The largest absolute Gasteiger partial charge is 0.306 e. The molecule has 0 aliphatic carbocycles. The van der Waals surface area contributed by atoms with Crippen molar-refractivity contribution in [3.63, 3.8) is 0 Å². The third-order valence-corrected chi connectivity index (χ3v) is 4.28. The van der Waals surface area contributed by atoms with Gasteiger partial charge in [-0.15, -0.1) is 0 Å². The topological polar surface area (TPSA) is 9.72 Å². The number of hydrogen-bond acceptors (Lipinski definition) is 3. The summed E-state index contributed by atoms with van der Waals surface area (Å²) in [6.45, 7) is 11.6. The predicted molar refractivity (Wildman–Crippen MR) is 61.7 cm³/mol. The van der Waals surface area contributed by atoms with Crippen LogP contribution >= 0.6 is 0 Å². The van der Waals surface area contributed by atoms with Gasteiger partial charge in [-0.25, -0.2) is 0 Å². The lowest BCUT2D eigenvalue weighted by Gasteiger charge is -2.39. The van der Waals surface area contributed by atoms with Gasteiger partial charge in [0.15, 0.2) is 0 Å². The van der Waals surface area contributed by atoms with Gasteiger partial charge in [0.25, 0.3) is 0 Å². The summed E-state index contributed by atoms with van der Waals surface area (Å²) in [6.07, 6.45) is 0. The van der Waals surface area contributed by atoms with E-state index in [2.05, 4.69) is 28.7 Å². The molecule has 3 heterocycles. The molecule has 86 valence electrons. The maximum Gasteiger partial charge on any atom is 0.0506 e. The molecular weight excluding hydrogens is 186 g/mol. The molecule has 0 unspecified atom stereocenters. The van der Waals surface area contributed by atoms with Crippen molar-refractivity contribution in [3.05, 3.63) is 0 Å². The lowest BCUT2D eigenvalue weighted by molar-refractivity contribution is 0.0481. The van der Waals surface area contributed by atoms with Crippen LogP contribution in [0.5, 0.6) is 0 Å². The molecule has 0 saturated carbocycles. The second-order valence-corrected chi connectivity index (χ2v) is 6.06. The van der Waals surface area contributed by atoms with Crippen LogP contribution in [0.4, 0.5) is 0 Å². The molecule has 0 radical (unpaired) electrons. The molecule has 3 heteroatoms. The Bertz CT molecular complexity index is 220. The first-order valence-corrected chi connectivity index (χ1v) is 6.34. The summed E-state index contributed by atoms with van der Waals surface area (Å²) in [7, 11) is 2.26. The maximum atomic E-state index is 2.67. The Labute approximate surface area is 93.0 Å². The lowest BCUT2D eigenvalue weighted by Crippen LogP contribution is -2.50. The minimum absolute atomic E-state index is 0.943. The molecule has 2 atom stereocenters. The van der Waals surface area contributed by atoms with E-state index in [9.17, 15) is 0 Å². The van der Waals surface area contributed by atoms with E-state index in [1.54, 1.807) is 0 Å². The summed E-state index contributed by atoms with van der Waals surface area (Å²) < 4.78 is 0. The molecule has 0 bridgehead atoms.